The van der Waals surface area contributed by atoms with E-state index >= 15 is 0 Å². The van der Waals surface area contributed by atoms with Crippen LogP contribution in [0, 0.1) is 28.6 Å². The minimum absolute atomic E-state index is 0.182. The summed E-state index contributed by atoms with van der Waals surface area (Å²) in [5, 5.41) is 10.3. The highest BCUT2D eigenvalue weighted by atomic mass is 16.5. The quantitative estimate of drug-likeness (QED) is 0.321. The van der Waals surface area contributed by atoms with Crippen molar-refractivity contribution in [2.45, 2.75) is 78.7 Å². The van der Waals surface area contributed by atoms with Crippen LogP contribution in [-0.2, 0) is 4.79 Å². The molecule has 4 aliphatic rings. The summed E-state index contributed by atoms with van der Waals surface area (Å²) in [5.74, 6) is 3.37. The van der Waals surface area contributed by atoms with Gasteiger partial charge >= 0.3 is 0 Å². The van der Waals surface area contributed by atoms with E-state index in [1.807, 2.05) is 18.2 Å². The van der Waals surface area contributed by atoms with E-state index in [4.69, 9.17) is 9.47 Å². The van der Waals surface area contributed by atoms with Crippen LogP contribution in [0.2, 0.25) is 0 Å². The molecule has 1 aromatic rings. The van der Waals surface area contributed by atoms with Gasteiger partial charge in [0.25, 0.3) is 0 Å². The fourth-order valence-corrected chi connectivity index (χ4v) is 8.36. The van der Waals surface area contributed by atoms with Crippen molar-refractivity contribution in [1.82, 2.24) is 4.90 Å². The molecular formula is C33H47NO4. The second-order valence-electron chi connectivity index (χ2n) is 12.6. The molecule has 0 aromatic heterocycles. The number of allylic oxidation sites excluding steroid dienone is 2. The van der Waals surface area contributed by atoms with Crippen molar-refractivity contribution in [3.63, 3.8) is 0 Å². The van der Waals surface area contributed by atoms with E-state index in [1.165, 1.54) is 5.57 Å². The number of aliphatic hydroxyl groups is 1. The molecule has 6 atom stereocenters. The Morgan fingerprint density at radius 1 is 1.05 bits per heavy atom. The third kappa shape index (κ3) is 4.75. The third-order valence-corrected chi connectivity index (χ3v) is 10.8. The summed E-state index contributed by atoms with van der Waals surface area (Å²) in [6.45, 7) is 12.5. The van der Waals surface area contributed by atoms with Crippen molar-refractivity contribution in [2.24, 2.45) is 28.6 Å². The van der Waals surface area contributed by atoms with Crippen LogP contribution in [0.15, 0.2) is 35.4 Å². The van der Waals surface area contributed by atoms with Gasteiger partial charge in [0.05, 0.1) is 13.2 Å². The van der Waals surface area contributed by atoms with Gasteiger partial charge in [0.2, 0.25) is 0 Å². The molecule has 0 radical (unpaired) electrons. The summed E-state index contributed by atoms with van der Waals surface area (Å²) in [4.78, 5) is 16.2. The van der Waals surface area contributed by atoms with Crippen LogP contribution in [0.25, 0.3) is 6.08 Å². The van der Waals surface area contributed by atoms with Gasteiger partial charge in [-0.25, -0.2) is 0 Å². The number of methoxy groups -OCH3 is 1. The topological polar surface area (TPSA) is 59.0 Å². The monoisotopic (exact) mass is 521 g/mol. The zero-order chi connectivity index (χ0) is 27.1. The molecule has 0 bridgehead atoms. The Bertz CT molecular complexity index is 1100. The van der Waals surface area contributed by atoms with E-state index in [-0.39, 0.29) is 16.9 Å². The van der Waals surface area contributed by atoms with E-state index in [9.17, 15) is 9.90 Å². The lowest BCUT2D eigenvalue weighted by molar-refractivity contribution is -0.130. The number of likely N-dealkylation sites (N-methyl/N-ethyl adjacent to an activating group) is 1. The van der Waals surface area contributed by atoms with Crippen LogP contribution in [0.1, 0.15) is 78.2 Å². The van der Waals surface area contributed by atoms with Gasteiger partial charge in [0, 0.05) is 12.0 Å². The number of carbonyl (C=O) groups is 1. The molecular weight excluding hydrogens is 474 g/mol. The first kappa shape index (κ1) is 27.5. The first-order valence-corrected chi connectivity index (χ1v) is 14.9. The van der Waals surface area contributed by atoms with Crippen LogP contribution < -0.4 is 9.47 Å². The van der Waals surface area contributed by atoms with E-state index < -0.39 is 0 Å². The molecule has 5 nitrogen and oxygen atoms in total. The maximum Gasteiger partial charge on any atom is 0.165 e. The smallest absolute Gasteiger partial charge is 0.165 e. The lowest BCUT2D eigenvalue weighted by Gasteiger charge is -2.56. The van der Waals surface area contributed by atoms with Crippen molar-refractivity contribution in [1.29, 1.82) is 0 Å². The van der Waals surface area contributed by atoms with Gasteiger partial charge < -0.3 is 19.5 Å². The Kier molecular flexibility index (Phi) is 7.81. The summed E-state index contributed by atoms with van der Waals surface area (Å²) in [7, 11) is 1.68. The number of ether oxygens (including phenoxy) is 2. The molecule has 208 valence electrons. The number of carbonyl (C=O) groups excluding carboxylic acids is 1. The number of hydrogen-bond donors (Lipinski definition) is 1. The number of Topliss-reactive ketones (excluding diaryl/α,β-unsaturated/α-hetero) is 1. The molecule has 0 heterocycles. The van der Waals surface area contributed by atoms with Gasteiger partial charge in [-0.2, -0.15) is 0 Å². The Hall–Kier alpha value is -2.11. The van der Waals surface area contributed by atoms with Gasteiger partial charge in [0.1, 0.15) is 6.61 Å². The highest BCUT2D eigenvalue weighted by Gasteiger charge is 2.59. The largest absolute Gasteiger partial charge is 0.493 e. The minimum Gasteiger partial charge on any atom is -0.493 e. The number of rotatable bonds is 8. The average Bonchev–Trinajstić information content (AvgIpc) is 3.17. The van der Waals surface area contributed by atoms with Crippen molar-refractivity contribution >= 4 is 11.9 Å². The lowest BCUT2D eigenvalue weighted by atomic mass is 9.48. The Labute approximate surface area is 229 Å². The molecule has 4 aliphatic carbocycles. The molecule has 0 unspecified atom stereocenters. The second kappa shape index (κ2) is 10.8. The summed E-state index contributed by atoms with van der Waals surface area (Å²) in [6, 6.07) is 6.03. The Morgan fingerprint density at radius 3 is 2.55 bits per heavy atom. The number of fused-ring (bicyclic) bond motifs is 5. The van der Waals surface area contributed by atoms with Crippen LogP contribution in [0.3, 0.4) is 0 Å². The third-order valence-electron chi connectivity index (χ3n) is 10.8. The zero-order valence-electron chi connectivity index (χ0n) is 24.1. The molecule has 3 fully saturated rings. The molecule has 1 aromatic carbocycles. The second-order valence-corrected chi connectivity index (χ2v) is 12.6. The fourth-order valence-electron chi connectivity index (χ4n) is 8.36. The Balaban J connectivity index is 1.34. The standard InChI is InChI=1S/C33H47NO4/c1-6-34(7-2)16-17-38-29-11-8-22(19-30(29)37-5)18-23-20-28-26-10-9-24-21-25(35)12-14-32(24,3)27(26)13-15-33(28,4)31(23)36/h8-9,11,18-19,25-28,35H,6-7,10,12-17,20-21H2,1-5H3/b23-18+/t25-,26+,27-,28-,32-,33-/m0/s1. The predicted octanol–water partition coefficient (Wildman–Crippen LogP) is 6.30. The van der Waals surface area contributed by atoms with E-state index in [0.717, 1.165) is 81.5 Å². The van der Waals surface area contributed by atoms with Crippen LogP contribution >= 0.6 is 0 Å². The summed E-state index contributed by atoms with van der Waals surface area (Å²) in [6.07, 6.45) is 11.2. The average molecular weight is 522 g/mol. The number of nitrogens with zero attached hydrogens (tertiary/aromatic N) is 1. The van der Waals surface area contributed by atoms with Gasteiger partial charge in [-0.05, 0) is 111 Å². The number of benzene rings is 1. The Morgan fingerprint density at radius 2 is 1.82 bits per heavy atom. The van der Waals surface area contributed by atoms with Gasteiger partial charge in [-0.15, -0.1) is 0 Å². The molecule has 3 saturated carbocycles. The van der Waals surface area contributed by atoms with Crippen LogP contribution in [0.5, 0.6) is 11.5 Å². The molecule has 0 amide bonds. The minimum atomic E-state index is -0.263. The number of hydrogen-bond acceptors (Lipinski definition) is 5. The van der Waals surface area contributed by atoms with Crippen molar-refractivity contribution in [2.75, 3.05) is 33.4 Å². The van der Waals surface area contributed by atoms with Gasteiger partial charge in [-0.1, -0.05) is 45.4 Å². The van der Waals surface area contributed by atoms with E-state index in [1.54, 1.807) is 7.11 Å². The predicted molar refractivity (Wildman–Crippen MR) is 152 cm³/mol. The SMILES string of the molecule is CCN(CC)CCOc1ccc(/C=C2\C[C@H]3[C@@H]4CC=C5C[C@@H](O)CC[C@]5(C)[C@H]4CC[C@]3(C)C2=O)cc1OC. The maximum atomic E-state index is 13.9. The normalized spacial score (nSPS) is 35.5. The summed E-state index contributed by atoms with van der Waals surface area (Å²) >= 11 is 0. The van der Waals surface area contributed by atoms with Crippen molar-refractivity contribution < 1.29 is 19.4 Å². The summed E-state index contributed by atoms with van der Waals surface area (Å²) < 4.78 is 11.7. The fraction of sp³-hybridized carbons (Fsp3) is 0.667. The van der Waals surface area contributed by atoms with E-state index in [0.29, 0.717) is 35.9 Å². The van der Waals surface area contributed by atoms with Crippen molar-refractivity contribution in [3.8, 4) is 11.5 Å². The lowest BCUT2D eigenvalue weighted by Crippen LogP contribution is -2.50. The molecule has 1 N–H and O–H groups in total. The molecule has 0 spiro atoms. The van der Waals surface area contributed by atoms with Crippen molar-refractivity contribution in [3.05, 3.63) is 41.0 Å². The molecule has 38 heavy (non-hydrogen) atoms. The van der Waals surface area contributed by atoms with Crippen LogP contribution in [-0.4, -0.2) is 55.2 Å². The maximum absolute atomic E-state index is 13.9. The van der Waals surface area contributed by atoms with Gasteiger partial charge in [-0.3, -0.25) is 4.79 Å². The first-order chi connectivity index (χ1) is 18.2. The summed E-state index contributed by atoms with van der Waals surface area (Å²) in [5.41, 5.74) is 3.37. The molecule has 5 rings (SSSR count). The highest BCUT2D eigenvalue weighted by Crippen LogP contribution is 2.64. The van der Waals surface area contributed by atoms with Crippen LogP contribution in [0.4, 0.5) is 0 Å². The van der Waals surface area contributed by atoms with Gasteiger partial charge in [0.15, 0.2) is 17.3 Å². The number of ketones is 1. The molecule has 5 heteroatoms. The number of aliphatic hydroxyl groups excluding tert-OH is 1. The molecule has 0 saturated heterocycles. The first-order valence-electron chi connectivity index (χ1n) is 14.9. The molecule has 0 aliphatic heterocycles. The highest BCUT2D eigenvalue weighted by molar-refractivity contribution is 6.06. The zero-order valence-corrected chi connectivity index (χ0v) is 24.1. The van der Waals surface area contributed by atoms with E-state index in [2.05, 4.69) is 44.7 Å².